The van der Waals surface area contributed by atoms with Crippen LogP contribution in [0.25, 0.3) is 0 Å². The van der Waals surface area contributed by atoms with Crippen molar-refractivity contribution < 1.29 is 17.9 Å². The van der Waals surface area contributed by atoms with Gasteiger partial charge >= 0.3 is 0 Å². The van der Waals surface area contributed by atoms with Gasteiger partial charge in [0.15, 0.2) is 0 Å². The fourth-order valence-electron chi connectivity index (χ4n) is 2.54. The molecule has 1 aromatic carbocycles. The number of nitrogens with one attached hydrogen (secondary N) is 1. The molecule has 7 heteroatoms. The second-order valence-corrected chi connectivity index (χ2v) is 7.36. The molecule has 0 radical (unpaired) electrons. The molecule has 1 heterocycles. The van der Waals surface area contributed by atoms with Crippen molar-refractivity contribution in [3.8, 4) is 0 Å². The quantitative estimate of drug-likeness (QED) is 0.787. The number of amides is 1. The van der Waals surface area contributed by atoms with Crippen LogP contribution in [0.3, 0.4) is 0 Å². The van der Waals surface area contributed by atoms with Gasteiger partial charge in [-0.3, -0.25) is 4.79 Å². The first-order chi connectivity index (χ1) is 10.5. The number of methoxy groups -OCH3 is 1. The minimum Gasteiger partial charge on any atom is -0.383 e. The number of nitrogens with zero attached hydrogens (tertiary/aromatic N) is 1. The molecule has 0 spiro atoms. The van der Waals surface area contributed by atoms with E-state index in [0.717, 1.165) is 0 Å². The maximum atomic E-state index is 12.4. The molecule has 1 saturated heterocycles. The maximum Gasteiger partial charge on any atom is 0.253 e. The predicted molar refractivity (Wildman–Crippen MR) is 84.2 cm³/mol. The molecule has 0 bridgehead atoms. The van der Waals surface area contributed by atoms with Gasteiger partial charge in [0, 0.05) is 32.3 Å². The SMILES string of the molecule is COCCNS(=O)(=O)[C@H]1CCCN(C(=O)c2ccccc2)C1. The number of carbonyl (C=O) groups is 1. The predicted octanol–water partition coefficient (Wildman–Crippen LogP) is 0.857. The molecule has 1 N–H and O–H groups in total. The molecule has 22 heavy (non-hydrogen) atoms. The van der Waals surface area contributed by atoms with Crippen molar-refractivity contribution in [2.75, 3.05) is 33.4 Å². The summed E-state index contributed by atoms with van der Waals surface area (Å²) in [5, 5.41) is -0.564. The van der Waals surface area contributed by atoms with Gasteiger partial charge in [0.2, 0.25) is 10.0 Å². The number of benzene rings is 1. The van der Waals surface area contributed by atoms with Crippen LogP contribution in [0.1, 0.15) is 23.2 Å². The number of ether oxygens (including phenoxy) is 1. The van der Waals surface area contributed by atoms with E-state index in [1.807, 2.05) is 6.07 Å². The van der Waals surface area contributed by atoms with E-state index in [2.05, 4.69) is 4.72 Å². The summed E-state index contributed by atoms with van der Waals surface area (Å²) in [6.45, 7) is 1.41. The Hall–Kier alpha value is -1.44. The van der Waals surface area contributed by atoms with Gasteiger partial charge in [0.05, 0.1) is 11.9 Å². The van der Waals surface area contributed by atoms with Crippen LogP contribution in [-0.2, 0) is 14.8 Å². The second kappa shape index (κ2) is 7.71. The summed E-state index contributed by atoms with van der Waals surface area (Å²) in [4.78, 5) is 14.0. The highest BCUT2D eigenvalue weighted by Gasteiger charge is 2.32. The maximum absolute atomic E-state index is 12.4. The summed E-state index contributed by atoms with van der Waals surface area (Å²) in [5.41, 5.74) is 0.591. The van der Waals surface area contributed by atoms with Gasteiger partial charge < -0.3 is 9.64 Å². The molecule has 0 saturated carbocycles. The van der Waals surface area contributed by atoms with Crippen LogP contribution in [0.5, 0.6) is 0 Å². The zero-order chi connectivity index (χ0) is 16.0. The van der Waals surface area contributed by atoms with E-state index in [9.17, 15) is 13.2 Å². The lowest BCUT2D eigenvalue weighted by atomic mass is 10.1. The fraction of sp³-hybridized carbons (Fsp3) is 0.533. The van der Waals surface area contributed by atoms with E-state index in [1.165, 1.54) is 7.11 Å². The summed E-state index contributed by atoms with van der Waals surface area (Å²) in [7, 11) is -1.91. The highest BCUT2D eigenvalue weighted by Crippen LogP contribution is 2.18. The highest BCUT2D eigenvalue weighted by atomic mass is 32.2. The average Bonchev–Trinajstić information content (AvgIpc) is 2.55. The number of piperidine rings is 1. The molecule has 1 aromatic rings. The molecular weight excluding hydrogens is 304 g/mol. The molecule has 6 nitrogen and oxygen atoms in total. The first kappa shape index (κ1) is 16.9. The fourth-order valence-corrected chi connectivity index (χ4v) is 4.00. The summed E-state index contributed by atoms with van der Waals surface area (Å²) >= 11 is 0. The van der Waals surface area contributed by atoms with Gasteiger partial charge in [-0.2, -0.15) is 0 Å². The largest absolute Gasteiger partial charge is 0.383 e. The smallest absolute Gasteiger partial charge is 0.253 e. The molecule has 1 fully saturated rings. The van der Waals surface area contributed by atoms with Crippen LogP contribution in [0, 0.1) is 0 Å². The Morgan fingerprint density at radius 1 is 1.36 bits per heavy atom. The lowest BCUT2D eigenvalue weighted by Crippen LogP contribution is -2.48. The zero-order valence-corrected chi connectivity index (χ0v) is 13.5. The van der Waals surface area contributed by atoms with Crippen molar-refractivity contribution in [3.63, 3.8) is 0 Å². The molecule has 1 aliphatic heterocycles. The molecular formula is C15H22N2O4S. The van der Waals surface area contributed by atoms with Gasteiger partial charge in [-0.15, -0.1) is 0 Å². The van der Waals surface area contributed by atoms with Gasteiger partial charge in [-0.25, -0.2) is 13.1 Å². The van der Waals surface area contributed by atoms with E-state index in [0.29, 0.717) is 31.6 Å². The number of rotatable bonds is 6. The Morgan fingerprint density at radius 3 is 2.77 bits per heavy atom. The number of likely N-dealkylation sites (tertiary alicyclic amines) is 1. The lowest BCUT2D eigenvalue weighted by molar-refractivity contribution is 0.0726. The van der Waals surface area contributed by atoms with Crippen molar-refractivity contribution in [1.82, 2.24) is 9.62 Å². The molecule has 2 rings (SSSR count). The standard InChI is InChI=1S/C15H22N2O4S/c1-21-11-9-16-22(19,20)14-8-5-10-17(12-14)15(18)13-6-3-2-4-7-13/h2-4,6-7,14,16H,5,8-12H2,1H3/t14-/m0/s1. The van der Waals surface area contributed by atoms with Crippen molar-refractivity contribution in [2.24, 2.45) is 0 Å². The van der Waals surface area contributed by atoms with E-state index < -0.39 is 15.3 Å². The summed E-state index contributed by atoms with van der Waals surface area (Å²) in [5.74, 6) is -0.114. The molecule has 0 aromatic heterocycles. The van der Waals surface area contributed by atoms with Gasteiger partial charge in [-0.1, -0.05) is 18.2 Å². The van der Waals surface area contributed by atoms with Crippen LogP contribution in [0.4, 0.5) is 0 Å². The van der Waals surface area contributed by atoms with E-state index in [-0.39, 0.29) is 19.0 Å². The third-order valence-corrected chi connectivity index (χ3v) is 5.60. The minimum absolute atomic E-state index is 0.114. The number of hydrogen-bond acceptors (Lipinski definition) is 4. The van der Waals surface area contributed by atoms with E-state index >= 15 is 0 Å². The third-order valence-electron chi connectivity index (χ3n) is 3.73. The van der Waals surface area contributed by atoms with Crippen molar-refractivity contribution >= 4 is 15.9 Å². The summed E-state index contributed by atoms with van der Waals surface area (Å²) < 4.78 is 31.9. The zero-order valence-electron chi connectivity index (χ0n) is 12.7. The van der Waals surface area contributed by atoms with Gasteiger partial charge in [-0.05, 0) is 25.0 Å². The Bertz CT molecular complexity index is 589. The number of carbonyl (C=O) groups excluding carboxylic acids is 1. The lowest BCUT2D eigenvalue weighted by Gasteiger charge is -2.32. The topological polar surface area (TPSA) is 75.7 Å². The van der Waals surface area contributed by atoms with Gasteiger partial charge in [0.1, 0.15) is 0 Å². The van der Waals surface area contributed by atoms with Crippen molar-refractivity contribution in [1.29, 1.82) is 0 Å². The van der Waals surface area contributed by atoms with Crippen molar-refractivity contribution in [2.45, 2.75) is 18.1 Å². The first-order valence-corrected chi connectivity index (χ1v) is 8.91. The van der Waals surface area contributed by atoms with E-state index in [1.54, 1.807) is 29.2 Å². The second-order valence-electron chi connectivity index (χ2n) is 5.31. The summed E-state index contributed by atoms with van der Waals surface area (Å²) in [6.07, 6.45) is 1.26. The molecule has 1 aliphatic rings. The first-order valence-electron chi connectivity index (χ1n) is 7.36. The van der Waals surface area contributed by atoms with Crippen LogP contribution in [0.2, 0.25) is 0 Å². The van der Waals surface area contributed by atoms with Crippen LogP contribution in [0.15, 0.2) is 30.3 Å². The molecule has 1 amide bonds. The van der Waals surface area contributed by atoms with E-state index in [4.69, 9.17) is 4.74 Å². The van der Waals surface area contributed by atoms with Crippen LogP contribution >= 0.6 is 0 Å². The molecule has 1 atom stereocenters. The Labute approximate surface area is 131 Å². The highest BCUT2D eigenvalue weighted by molar-refractivity contribution is 7.90. The Balaban J connectivity index is 2.01. The summed E-state index contributed by atoms with van der Waals surface area (Å²) in [6, 6.07) is 8.95. The van der Waals surface area contributed by atoms with Crippen molar-refractivity contribution in [3.05, 3.63) is 35.9 Å². The molecule has 0 aliphatic carbocycles. The Morgan fingerprint density at radius 2 is 2.09 bits per heavy atom. The molecule has 122 valence electrons. The van der Waals surface area contributed by atoms with Crippen LogP contribution < -0.4 is 4.72 Å². The number of hydrogen-bond donors (Lipinski definition) is 1. The monoisotopic (exact) mass is 326 g/mol. The normalized spacial score (nSPS) is 19.1. The third kappa shape index (κ3) is 4.28. The molecule has 0 unspecified atom stereocenters. The number of sulfonamides is 1. The van der Waals surface area contributed by atoms with Crippen LogP contribution in [-0.4, -0.2) is 57.8 Å². The van der Waals surface area contributed by atoms with Gasteiger partial charge in [0.25, 0.3) is 5.91 Å². The average molecular weight is 326 g/mol. The minimum atomic E-state index is -3.43. The Kier molecular flexibility index (Phi) is 5.93.